The van der Waals surface area contributed by atoms with Gasteiger partial charge in [-0.05, 0) is 43.5 Å². The van der Waals surface area contributed by atoms with E-state index in [1.54, 1.807) is 0 Å². The van der Waals surface area contributed by atoms with Crippen LogP contribution in [0.4, 0.5) is 5.69 Å². The Hall–Kier alpha value is -0.630. The fourth-order valence-corrected chi connectivity index (χ4v) is 3.62. The molecule has 0 saturated heterocycles. The Labute approximate surface area is 103 Å². The first-order valence-corrected chi connectivity index (χ1v) is 7.16. The normalized spacial score (nSPS) is 18.3. The predicted octanol–water partition coefficient (Wildman–Crippen LogP) is 4.39. The smallest absolute Gasteiger partial charge is 0.0344 e. The summed E-state index contributed by atoms with van der Waals surface area (Å²) in [7, 11) is 0. The van der Waals surface area contributed by atoms with Gasteiger partial charge in [0.2, 0.25) is 0 Å². The maximum Gasteiger partial charge on any atom is 0.0344 e. The molecule has 0 unspecified atom stereocenters. The van der Waals surface area contributed by atoms with E-state index in [0.717, 1.165) is 10.9 Å². The average Bonchev–Trinajstić information content (AvgIpc) is 2.52. The minimum atomic E-state index is 0.825. The highest BCUT2D eigenvalue weighted by Gasteiger charge is 2.13. The molecule has 0 radical (unpaired) electrons. The van der Waals surface area contributed by atoms with Crippen molar-refractivity contribution in [2.24, 2.45) is 0 Å². The molecule has 0 bridgehead atoms. The first kappa shape index (κ1) is 11.8. The molecule has 1 aliphatic carbocycles. The van der Waals surface area contributed by atoms with Crippen LogP contribution in [-0.2, 0) is 0 Å². The fourth-order valence-electron chi connectivity index (χ4n) is 2.27. The molecule has 0 amide bonds. The Morgan fingerprint density at radius 2 is 1.81 bits per heavy atom. The molecule has 2 N–H and O–H groups in total. The number of hydrogen-bond acceptors (Lipinski definition) is 2. The van der Waals surface area contributed by atoms with Gasteiger partial charge in [-0.25, -0.2) is 0 Å². The van der Waals surface area contributed by atoms with E-state index in [2.05, 4.69) is 19.1 Å². The van der Waals surface area contributed by atoms with Crippen LogP contribution in [-0.4, -0.2) is 5.25 Å². The van der Waals surface area contributed by atoms with Gasteiger partial charge in [0.05, 0.1) is 0 Å². The van der Waals surface area contributed by atoms with Crippen molar-refractivity contribution < 1.29 is 0 Å². The lowest BCUT2D eigenvalue weighted by atomic mass is 10.2. The average molecular weight is 235 g/mol. The van der Waals surface area contributed by atoms with Crippen molar-refractivity contribution in [3.63, 3.8) is 0 Å². The number of anilines is 1. The molecule has 16 heavy (non-hydrogen) atoms. The van der Waals surface area contributed by atoms with Crippen molar-refractivity contribution in [2.45, 2.75) is 55.6 Å². The third-order valence-electron chi connectivity index (χ3n) is 3.35. The zero-order valence-corrected chi connectivity index (χ0v) is 10.9. The molecule has 0 atom stereocenters. The molecule has 88 valence electrons. The quantitative estimate of drug-likeness (QED) is 0.607. The lowest BCUT2D eigenvalue weighted by Crippen LogP contribution is -2.00. The van der Waals surface area contributed by atoms with Crippen LogP contribution in [0.2, 0.25) is 0 Å². The van der Waals surface area contributed by atoms with E-state index in [0.29, 0.717) is 0 Å². The molecule has 1 nitrogen and oxygen atoms in total. The summed E-state index contributed by atoms with van der Waals surface area (Å²) in [5.41, 5.74) is 7.95. The third kappa shape index (κ3) is 3.18. The van der Waals surface area contributed by atoms with Crippen LogP contribution in [0.3, 0.4) is 0 Å². The summed E-state index contributed by atoms with van der Waals surface area (Å²) < 4.78 is 0. The van der Waals surface area contributed by atoms with Crippen LogP contribution in [0.25, 0.3) is 0 Å². The van der Waals surface area contributed by atoms with Gasteiger partial charge in [-0.15, -0.1) is 11.8 Å². The second kappa shape index (κ2) is 5.62. The van der Waals surface area contributed by atoms with Gasteiger partial charge >= 0.3 is 0 Å². The Morgan fingerprint density at radius 3 is 2.44 bits per heavy atom. The number of nitrogen functional groups attached to an aromatic ring is 1. The van der Waals surface area contributed by atoms with Crippen LogP contribution in [0.15, 0.2) is 23.1 Å². The highest BCUT2D eigenvalue weighted by molar-refractivity contribution is 8.00. The van der Waals surface area contributed by atoms with Crippen LogP contribution < -0.4 is 5.73 Å². The van der Waals surface area contributed by atoms with Crippen molar-refractivity contribution >= 4 is 17.4 Å². The summed E-state index contributed by atoms with van der Waals surface area (Å²) in [5, 5.41) is 0.825. The van der Waals surface area contributed by atoms with Crippen LogP contribution >= 0.6 is 11.8 Å². The van der Waals surface area contributed by atoms with Crippen molar-refractivity contribution in [1.29, 1.82) is 0 Å². The van der Waals surface area contributed by atoms with E-state index in [4.69, 9.17) is 5.73 Å². The van der Waals surface area contributed by atoms with E-state index < -0.39 is 0 Å². The molecule has 1 fully saturated rings. The van der Waals surface area contributed by atoms with E-state index in [9.17, 15) is 0 Å². The summed E-state index contributed by atoms with van der Waals surface area (Å²) in [5.74, 6) is 0. The van der Waals surface area contributed by atoms with Crippen molar-refractivity contribution in [1.82, 2.24) is 0 Å². The highest BCUT2D eigenvalue weighted by Crippen LogP contribution is 2.33. The first-order valence-electron chi connectivity index (χ1n) is 6.28. The minimum Gasteiger partial charge on any atom is -0.399 e. The largest absolute Gasteiger partial charge is 0.399 e. The van der Waals surface area contributed by atoms with Gasteiger partial charge in [0.25, 0.3) is 0 Å². The molecular formula is C14H21NS. The Kier molecular flexibility index (Phi) is 4.16. The van der Waals surface area contributed by atoms with Gasteiger partial charge in [0.1, 0.15) is 0 Å². The summed E-state index contributed by atoms with van der Waals surface area (Å²) in [4.78, 5) is 1.39. The van der Waals surface area contributed by atoms with Gasteiger partial charge in [0.15, 0.2) is 0 Å². The van der Waals surface area contributed by atoms with Crippen LogP contribution in [0.1, 0.15) is 44.1 Å². The van der Waals surface area contributed by atoms with Gasteiger partial charge in [-0.1, -0.05) is 25.7 Å². The summed E-state index contributed by atoms with van der Waals surface area (Å²) in [6.45, 7) is 2.09. The van der Waals surface area contributed by atoms with Gasteiger partial charge in [-0.2, -0.15) is 0 Å². The lowest BCUT2D eigenvalue weighted by Gasteiger charge is -2.14. The Balaban J connectivity index is 1.99. The van der Waals surface area contributed by atoms with Crippen molar-refractivity contribution in [3.05, 3.63) is 23.8 Å². The van der Waals surface area contributed by atoms with Gasteiger partial charge in [-0.3, -0.25) is 0 Å². The molecule has 0 heterocycles. The first-order chi connectivity index (χ1) is 7.75. The highest BCUT2D eigenvalue weighted by atomic mass is 32.2. The molecule has 0 aromatic heterocycles. The predicted molar refractivity (Wildman–Crippen MR) is 72.9 cm³/mol. The maximum atomic E-state index is 5.84. The number of nitrogens with two attached hydrogens (primary N) is 1. The standard InChI is InChI=1S/C14H21NS/c1-11-10-13(8-9-14(11)15)16-12-6-4-2-3-5-7-12/h8-10,12H,2-7,15H2,1H3. The fraction of sp³-hybridized carbons (Fsp3) is 0.571. The molecule has 2 rings (SSSR count). The Morgan fingerprint density at radius 1 is 1.12 bits per heavy atom. The molecule has 1 saturated carbocycles. The maximum absolute atomic E-state index is 5.84. The molecular weight excluding hydrogens is 214 g/mol. The molecule has 1 aromatic rings. The molecule has 1 aromatic carbocycles. The van der Waals surface area contributed by atoms with Gasteiger partial charge in [0, 0.05) is 15.8 Å². The van der Waals surface area contributed by atoms with Crippen molar-refractivity contribution in [3.8, 4) is 0 Å². The SMILES string of the molecule is Cc1cc(SC2CCCCCC2)ccc1N. The molecule has 2 heteroatoms. The zero-order valence-electron chi connectivity index (χ0n) is 10.0. The number of hydrogen-bond donors (Lipinski definition) is 1. The summed E-state index contributed by atoms with van der Waals surface area (Å²) >= 11 is 2.05. The van der Waals surface area contributed by atoms with Crippen molar-refractivity contribution in [2.75, 3.05) is 5.73 Å². The zero-order chi connectivity index (χ0) is 11.4. The monoisotopic (exact) mass is 235 g/mol. The van der Waals surface area contributed by atoms with E-state index in [-0.39, 0.29) is 0 Å². The lowest BCUT2D eigenvalue weighted by molar-refractivity contribution is 0.702. The summed E-state index contributed by atoms with van der Waals surface area (Å²) in [6.07, 6.45) is 8.44. The minimum absolute atomic E-state index is 0.825. The number of rotatable bonds is 2. The second-order valence-corrected chi connectivity index (χ2v) is 6.12. The molecule has 0 aliphatic heterocycles. The summed E-state index contributed by atoms with van der Waals surface area (Å²) in [6, 6.07) is 6.43. The number of benzene rings is 1. The van der Waals surface area contributed by atoms with Crippen LogP contribution in [0.5, 0.6) is 0 Å². The number of thioether (sulfide) groups is 1. The molecule has 1 aliphatic rings. The van der Waals surface area contributed by atoms with E-state index in [1.807, 2.05) is 17.8 Å². The van der Waals surface area contributed by atoms with E-state index in [1.165, 1.54) is 49.0 Å². The van der Waals surface area contributed by atoms with Crippen LogP contribution in [0, 0.1) is 6.92 Å². The van der Waals surface area contributed by atoms with Gasteiger partial charge < -0.3 is 5.73 Å². The topological polar surface area (TPSA) is 26.0 Å². The second-order valence-electron chi connectivity index (χ2n) is 4.75. The molecule has 0 spiro atoms. The number of aryl methyl sites for hydroxylation is 1. The Bertz CT molecular complexity index is 341. The third-order valence-corrected chi connectivity index (χ3v) is 4.68. The van der Waals surface area contributed by atoms with E-state index >= 15 is 0 Å².